The molecule has 0 saturated heterocycles. The van der Waals surface area contributed by atoms with Gasteiger partial charge in [0.05, 0.1) is 5.41 Å². The molecule has 2 N–H and O–H groups in total. The van der Waals surface area contributed by atoms with E-state index < -0.39 is 17.4 Å². The Morgan fingerprint density at radius 2 is 1.53 bits per heavy atom. The third-order valence-electron chi connectivity index (χ3n) is 12.2. The van der Waals surface area contributed by atoms with E-state index in [0.717, 1.165) is 56.9 Å². The van der Waals surface area contributed by atoms with Crippen LogP contribution >= 0.6 is 0 Å². The van der Waals surface area contributed by atoms with Crippen molar-refractivity contribution in [1.29, 1.82) is 0 Å². The van der Waals surface area contributed by atoms with Crippen molar-refractivity contribution in [1.82, 2.24) is 0 Å². The van der Waals surface area contributed by atoms with Crippen molar-refractivity contribution < 1.29 is 19.8 Å². The van der Waals surface area contributed by atoms with Crippen LogP contribution in [0.4, 0.5) is 0 Å². The van der Waals surface area contributed by atoms with Crippen LogP contribution in [-0.2, 0) is 9.59 Å². The van der Waals surface area contributed by atoms with Gasteiger partial charge >= 0.3 is 11.9 Å². The summed E-state index contributed by atoms with van der Waals surface area (Å²) in [5.74, 6) is 0.322. The first-order valence-corrected chi connectivity index (χ1v) is 13.5. The van der Waals surface area contributed by atoms with Gasteiger partial charge in [-0.2, -0.15) is 0 Å². The Morgan fingerprint density at radius 1 is 0.853 bits per heavy atom. The summed E-state index contributed by atoms with van der Waals surface area (Å²) in [6, 6.07) is 0. The second-order valence-electron chi connectivity index (χ2n) is 13.4. The van der Waals surface area contributed by atoms with Crippen LogP contribution in [0.2, 0.25) is 0 Å². The Kier molecular flexibility index (Phi) is 6.18. The van der Waals surface area contributed by atoms with Crippen molar-refractivity contribution in [3.8, 4) is 0 Å². The molecule has 0 aliphatic heterocycles. The van der Waals surface area contributed by atoms with Gasteiger partial charge in [0.15, 0.2) is 0 Å². The predicted octanol–water partition coefficient (Wildman–Crippen LogP) is 7.35. The minimum absolute atomic E-state index is 0.0576. The SMILES string of the molecule is C=C(C)C1CCC2(C(=O)O)CC[C@]3(C)[C@H](CC[C@@H]4[C@@](C)(CCC(=O)O)[C@H](C(=C)C)CC[C@]43C)C12. The molecule has 0 aromatic heterocycles. The Balaban J connectivity index is 1.78. The summed E-state index contributed by atoms with van der Waals surface area (Å²) < 4.78 is 0. The fourth-order valence-electron chi connectivity index (χ4n) is 10.4. The fraction of sp³-hybridized carbons (Fsp3) is 0.800. The van der Waals surface area contributed by atoms with Crippen LogP contribution in [0.25, 0.3) is 0 Å². The van der Waals surface area contributed by atoms with Gasteiger partial charge in [-0.25, -0.2) is 0 Å². The maximum atomic E-state index is 12.7. The smallest absolute Gasteiger partial charge is 0.309 e. The first kappa shape index (κ1) is 25.5. The first-order valence-electron chi connectivity index (χ1n) is 13.5. The van der Waals surface area contributed by atoms with Gasteiger partial charge in [0.1, 0.15) is 0 Å². The van der Waals surface area contributed by atoms with Crippen LogP contribution in [-0.4, -0.2) is 22.2 Å². The molecule has 0 spiro atoms. The molecule has 0 aromatic carbocycles. The lowest BCUT2D eigenvalue weighted by molar-refractivity contribution is -0.219. The quantitative estimate of drug-likeness (QED) is 0.398. The molecule has 9 atom stereocenters. The number of hydrogen-bond acceptors (Lipinski definition) is 2. The summed E-state index contributed by atoms with van der Waals surface area (Å²) in [5, 5.41) is 20.0. The molecule has 4 aliphatic rings. The van der Waals surface area contributed by atoms with E-state index in [1.54, 1.807) is 0 Å². The van der Waals surface area contributed by atoms with E-state index in [1.807, 2.05) is 0 Å². The number of hydrogen-bond donors (Lipinski definition) is 2. The average Bonchev–Trinajstić information content (AvgIpc) is 3.14. The molecule has 0 bridgehead atoms. The number of aliphatic carboxylic acids is 2. The minimum Gasteiger partial charge on any atom is -0.481 e. The molecule has 4 aliphatic carbocycles. The zero-order valence-electron chi connectivity index (χ0n) is 22.1. The van der Waals surface area contributed by atoms with E-state index in [-0.39, 0.29) is 28.6 Å². The van der Waals surface area contributed by atoms with Gasteiger partial charge in [-0.3, -0.25) is 9.59 Å². The first-order chi connectivity index (χ1) is 15.7. The topological polar surface area (TPSA) is 74.6 Å². The van der Waals surface area contributed by atoms with E-state index in [4.69, 9.17) is 0 Å². The second-order valence-corrected chi connectivity index (χ2v) is 13.4. The highest BCUT2D eigenvalue weighted by Crippen LogP contribution is 2.76. The molecule has 34 heavy (non-hydrogen) atoms. The zero-order valence-corrected chi connectivity index (χ0v) is 22.1. The van der Waals surface area contributed by atoms with Crippen molar-refractivity contribution in [2.75, 3.05) is 0 Å². The Hall–Kier alpha value is -1.58. The number of allylic oxidation sites excluding steroid dienone is 2. The molecule has 4 saturated carbocycles. The van der Waals surface area contributed by atoms with Gasteiger partial charge < -0.3 is 10.2 Å². The van der Waals surface area contributed by atoms with Crippen LogP contribution in [0.15, 0.2) is 24.3 Å². The van der Waals surface area contributed by atoms with Crippen molar-refractivity contribution in [2.45, 2.75) is 98.8 Å². The Bertz CT molecular complexity index is 905. The van der Waals surface area contributed by atoms with Crippen LogP contribution in [0.5, 0.6) is 0 Å². The summed E-state index contributed by atoms with van der Waals surface area (Å²) in [4.78, 5) is 24.4. The molecule has 0 amide bonds. The summed E-state index contributed by atoms with van der Waals surface area (Å²) in [7, 11) is 0. The Labute approximate surface area is 206 Å². The zero-order chi connectivity index (χ0) is 25.3. The largest absolute Gasteiger partial charge is 0.481 e. The van der Waals surface area contributed by atoms with Crippen molar-refractivity contribution in [3.63, 3.8) is 0 Å². The van der Waals surface area contributed by atoms with E-state index in [2.05, 4.69) is 47.8 Å². The predicted molar refractivity (Wildman–Crippen MR) is 135 cm³/mol. The molecule has 0 aromatic rings. The number of fused-ring (bicyclic) bond motifs is 5. The molecule has 3 unspecified atom stereocenters. The Morgan fingerprint density at radius 3 is 2.09 bits per heavy atom. The van der Waals surface area contributed by atoms with Crippen molar-refractivity contribution >= 4 is 11.9 Å². The number of rotatable bonds is 6. The lowest BCUT2D eigenvalue weighted by atomic mass is 9.34. The molecular weight excluding hydrogens is 424 g/mol. The molecule has 4 rings (SSSR count). The van der Waals surface area contributed by atoms with Crippen LogP contribution in [0, 0.1) is 51.2 Å². The molecule has 4 heteroatoms. The van der Waals surface area contributed by atoms with E-state index >= 15 is 0 Å². The fourth-order valence-corrected chi connectivity index (χ4v) is 10.4. The van der Waals surface area contributed by atoms with Gasteiger partial charge in [0.25, 0.3) is 0 Å². The maximum absolute atomic E-state index is 12.7. The number of carboxylic acid groups (broad SMARTS) is 2. The lowest BCUT2D eigenvalue weighted by Gasteiger charge is -2.70. The van der Waals surface area contributed by atoms with Crippen molar-refractivity contribution in [3.05, 3.63) is 24.3 Å². The highest BCUT2D eigenvalue weighted by molar-refractivity contribution is 5.76. The van der Waals surface area contributed by atoms with Crippen LogP contribution in [0.3, 0.4) is 0 Å². The summed E-state index contributed by atoms with van der Waals surface area (Å²) in [6.07, 6.45) is 8.64. The number of carboxylic acids is 2. The lowest BCUT2D eigenvalue weighted by Crippen LogP contribution is -2.64. The van der Waals surface area contributed by atoms with Gasteiger partial charge in [-0.05, 0) is 117 Å². The third kappa shape index (κ3) is 3.29. The van der Waals surface area contributed by atoms with E-state index in [1.165, 1.54) is 5.57 Å². The van der Waals surface area contributed by atoms with Gasteiger partial charge in [-0.15, -0.1) is 0 Å². The van der Waals surface area contributed by atoms with Gasteiger partial charge in [0.2, 0.25) is 0 Å². The maximum Gasteiger partial charge on any atom is 0.309 e. The second kappa shape index (κ2) is 8.23. The van der Waals surface area contributed by atoms with E-state index in [9.17, 15) is 19.8 Å². The van der Waals surface area contributed by atoms with Crippen LogP contribution < -0.4 is 0 Å². The summed E-state index contributed by atoms with van der Waals surface area (Å²) >= 11 is 0. The molecule has 0 heterocycles. The molecular formula is C30H46O4. The normalized spacial score (nSPS) is 47.7. The average molecular weight is 471 g/mol. The molecule has 4 fully saturated rings. The molecule has 4 nitrogen and oxygen atoms in total. The highest BCUT2D eigenvalue weighted by Gasteiger charge is 2.70. The minimum atomic E-state index is -0.715. The molecule has 0 radical (unpaired) electrons. The molecule has 190 valence electrons. The highest BCUT2D eigenvalue weighted by atomic mass is 16.4. The summed E-state index contributed by atoms with van der Waals surface area (Å²) in [5.41, 5.74) is 1.79. The van der Waals surface area contributed by atoms with Gasteiger partial charge in [-0.1, -0.05) is 45.1 Å². The third-order valence-corrected chi connectivity index (χ3v) is 12.2. The monoisotopic (exact) mass is 470 g/mol. The van der Waals surface area contributed by atoms with E-state index in [0.29, 0.717) is 30.1 Å². The van der Waals surface area contributed by atoms with Crippen LogP contribution in [0.1, 0.15) is 98.8 Å². The standard InChI is InChI=1S/C30H46O4/c1-18(2)20-10-15-30(26(33)34)17-16-28(6)22(25(20)30)8-9-23-27(5,13-12-24(31)32)21(19(3)4)11-14-29(23,28)7/h20-23,25H,1,3,8-17H2,2,4-7H3,(H,31,32)(H,33,34)/t20?,21-,22+,23+,25?,27-,28+,29+,30?/m0/s1. The van der Waals surface area contributed by atoms with Gasteiger partial charge in [0, 0.05) is 6.42 Å². The summed E-state index contributed by atoms with van der Waals surface area (Å²) in [6.45, 7) is 20.2. The van der Waals surface area contributed by atoms with Crippen molar-refractivity contribution in [2.24, 2.45) is 51.2 Å². The number of carbonyl (C=O) groups is 2.